The normalized spacial score (nSPS) is 8.69. The second kappa shape index (κ2) is 3.66. The first kappa shape index (κ1) is 9.18. The third-order valence-corrected chi connectivity index (χ3v) is 1.90. The number of hydrogen-bond acceptors (Lipinski definition) is 3. The second-order valence-corrected chi connectivity index (χ2v) is 2.77. The Hall–Kier alpha value is -1.91. The van der Waals surface area contributed by atoms with Gasteiger partial charge in [0.25, 0.3) is 0 Å². The Bertz CT molecular complexity index is 423. The van der Waals surface area contributed by atoms with E-state index in [9.17, 15) is 4.79 Å². The molecule has 0 aromatic heterocycles. The van der Waals surface area contributed by atoms with E-state index in [4.69, 9.17) is 5.26 Å². The zero-order valence-corrected chi connectivity index (χ0v) is 7.46. The predicted octanol–water partition coefficient (Wildman–Crippen LogP) is 2.14. The molecule has 0 N–H and O–H groups in total. The van der Waals surface area contributed by atoms with Crippen molar-refractivity contribution in [3.63, 3.8) is 0 Å². The van der Waals surface area contributed by atoms with E-state index in [0.717, 1.165) is 11.1 Å². The van der Waals surface area contributed by atoms with E-state index in [1.807, 2.05) is 19.9 Å². The van der Waals surface area contributed by atoms with Crippen LogP contribution in [0, 0.1) is 25.2 Å². The van der Waals surface area contributed by atoms with Gasteiger partial charge in [0.05, 0.1) is 11.3 Å². The molecule has 0 radical (unpaired) electrons. The number of carbonyl (C=O) groups excluding carboxylic acids is 1. The molecule has 1 aromatic rings. The Morgan fingerprint density at radius 3 is 2.46 bits per heavy atom. The molecule has 1 aromatic carbocycles. The van der Waals surface area contributed by atoms with Gasteiger partial charge in [0.15, 0.2) is 0 Å². The van der Waals surface area contributed by atoms with Gasteiger partial charge in [-0.3, -0.25) is 0 Å². The third-order valence-electron chi connectivity index (χ3n) is 1.90. The number of isocyanates is 1. The summed E-state index contributed by atoms with van der Waals surface area (Å²) < 4.78 is 0. The quantitative estimate of drug-likeness (QED) is 0.481. The fraction of sp³-hybridized carbons (Fsp3) is 0.200. The zero-order chi connectivity index (χ0) is 9.84. The molecule has 0 atom stereocenters. The summed E-state index contributed by atoms with van der Waals surface area (Å²) in [6.07, 6.45) is 1.43. The van der Waals surface area contributed by atoms with Crippen molar-refractivity contribution in [1.29, 1.82) is 5.26 Å². The van der Waals surface area contributed by atoms with Crippen molar-refractivity contribution >= 4 is 11.8 Å². The predicted molar refractivity (Wildman–Crippen MR) is 48.4 cm³/mol. The van der Waals surface area contributed by atoms with Crippen molar-refractivity contribution in [3.8, 4) is 6.07 Å². The Morgan fingerprint density at radius 2 is 1.92 bits per heavy atom. The van der Waals surface area contributed by atoms with E-state index >= 15 is 0 Å². The SMILES string of the molecule is Cc1cc(C#N)c(N=C=O)cc1C. The van der Waals surface area contributed by atoms with Crippen LogP contribution in [-0.4, -0.2) is 6.08 Å². The molecule has 0 saturated carbocycles. The van der Waals surface area contributed by atoms with Gasteiger partial charge in [-0.05, 0) is 37.1 Å². The molecule has 1 rings (SSSR count). The van der Waals surface area contributed by atoms with Gasteiger partial charge in [-0.2, -0.15) is 10.3 Å². The van der Waals surface area contributed by atoms with Crippen molar-refractivity contribution in [2.75, 3.05) is 0 Å². The van der Waals surface area contributed by atoms with E-state index in [2.05, 4.69) is 4.99 Å². The first-order valence-electron chi connectivity index (χ1n) is 3.78. The van der Waals surface area contributed by atoms with Crippen LogP contribution in [0.25, 0.3) is 0 Å². The van der Waals surface area contributed by atoms with E-state index in [0.29, 0.717) is 11.3 Å². The number of aryl methyl sites for hydroxylation is 2. The average molecular weight is 172 g/mol. The summed E-state index contributed by atoms with van der Waals surface area (Å²) in [6, 6.07) is 5.40. The molecule has 0 heterocycles. The van der Waals surface area contributed by atoms with Gasteiger partial charge in [0.2, 0.25) is 6.08 Å². The number of nitriles is 1. The van der Waals surface area contributed by atoms with Crippen LogP contribution in [0.4, 0.5) is 5.69 Å². The summed E-state index contributed by atoms with van der Waals surface area (Å²) in [4.78, 5) is 13.5. The van der Waals surface area contributed by atoms with Crippen LogP contribution < -0.4 is 0 Å². The fourth-order valence-corrected chi connectivity index (χ4v) is 1.03. The minimum absolute atomic E-state index is 0.389. The smallest absolute Gasteiger partial charge is 0.211 e. The summed E-state index contributed by atoms with van der Waals surface area (Å²) in [5.74, 6) is 0. The highest BCUT2D eigenvalue weighted by Crippen LogP contribution is 2.22. The van der Waals surface area contributed by atoms with E-state index in [1.54, 1.807) is 12.1 Å². The summed E-state index contributed by atoms with van der Waals surface area (Å²) in [6.45, 7) is 3.81. The molecule has 0 aliphatic rings. The number of aliphatic imine (C=N–C) groups is 1. The molecule has 3 heteroatoms. The maximum absolute atomic E-state index is 10.0. The van der Waals surface area contributed by atoms with Gasteiger partial charge < -0.3 is 0 Å². The van der Waals surface area contributed by atoms with E-state index in [-0.39, 0.29) is 0 Å². The van der Waals surface area contributed by atoms with Crippen LogP contribution in [0.1, 0.15) is 16.7 Å². The molecule has 0 aliphatic carbocycles. The maximum atomic E-state index is 10.0. The highest BCUT2D eigenvalue weighted by molar-refractivity contribution is 5.60. The molecule has 0 spiro atoms. The molecule has 0 saturated heterocycles. The van der Waals surface area contributed by atoms with Crippen LogP contribution in [0.3, 0.4) is 0 Å². The molecule has 0 aliphatic heterocycles. The zero-order valence-electron chi connectivity index (χ0n) is 7.46. The first-order chi connectivity index (χ1) is 6.19. The topological polar surface area (TPSA) is 53.2 Å². The van der Waals surface area contributed by atoms with Gasteiger partial charge >= 0.3 is 0 Å². The van der Waals surface area contributed by atoms with Gasteiger partial charge in [0.1, 0.15) is 6.07 Å². The van der Waals surface area contributed by atoms with Crippen LogP contribution in [0.15, 0.2) is 17.1 Å². The van der Waals surface area contributed by atoms with Crippen LogP contribution in [0.2, 0.25) is 0 Å². The number of nitrogens with zero attached hydrogens (tertiary/aromatic N) is 2. The molecule has 0 fully saturated rings. The van der Waals surface area contributed by atoms with Crippen LogP contribution in [-0.2, 0) is 4.79 Å². The Labute approximate surface area is 76.3 Å². The lowest BCUT2D eigenvalue weighted by Crippen LogP contribution is -1.84. The lowest BCUT2D eigenvalue weighted by atomic mass is 10.1. The highest BCUT2D eigenvalue weighted by Gasteiger charge is 2.03. The van der Waals surface area contributed by atoms with Crippen molar-refractivity contribution in [2.24, 2.45) is 4.99 Å². The van der Waals surface area contributed by atoms with Crippen molar-refractivity contribution in [2.45, 2.75) is 13.8 Å². The van der Waals surface area contributed by atoms with Crippen LogP contribution >= 0.6 is 0 Å². The van der Waals surface area contributed by atoms with Crippen molar-refractivity contribution in [1.82, 2.24) is 0 Å². The number of hydrogen-bond donors (Lipinski definition) is 0. The largest absolute Gasteiger partial charge is 0.240 e. The third kappa shape index (κ3) is 1.81. The van der Waals surface area contributed by atoms with Gasteiger partial charge in [-0.1, -0.05) is 0 Å². The molecule has 0 bridgehead atoms. The maximum Gasteiger partial charge on any atom is 0.240 e. The summed E-state index contributed by atoms with van der Waals surface area (Å²) in [7, 11) is 0. The molecule has 13 heavy (non-hydrogen) atoms. The van der Waals surface area contributed by atoms with Crippen LogP contribution in [0.5, 0.6) is 0 Å². The molecule has 0 unspecified atom stereocenters. The minimum atomic E-state index is 0.389. The lowest BCUT2D eigenvalue weighted by Gasteiger charge is -2.01. The molecular formula is C10H8N2O. The second-order valence-electron chi connectivity index (χ2n) is 2.77. The Balaban J connectivity index is 3.43. The lowest BCUT2D eigenvalue weighted by molar-refractivity contribution is 0.565. The standard InChI is InChI=1S/C10H8N2O/c1-7-3-9(5-11)10(12-6-13)4-8(7)2/h3-4H,1-2H3. The molecule has 64 valence electrons. The Kier molecular flexibility index (Phi) is 2.59. The van der Waals surface area contributed by atoms with Gasteiger partial charge in [0, 0.05) is 0 Å². The summed E-state index contributed by atoms with van der Waals surface area (Å²) >= 11 is 0. The average Bonchev–Trinajstić information content (AvgIpc) is 2.11. The Morgan fingerprint density at radius 1 is 1.31 bits per heavy atom. The summed E-state index contributed by atoms with van der Waals surface area (Å²) in [5.41, 5.74) is 2.82. The van der Waals surface area contributed by atoms with Gasteiger partial charge in [-0.25, -0.2) is 4.79 Å². The number of benzene rings is 1. The fourth-order valence-electron chi connectivity index (χ4n) is 1.03. The van der Waals surface area contributed by atoms with Crippen molar-refractivity contribution < 1.29 is 4.79 Å². The molecule has 0 amide bonds. The summed E-state index contributed by atoms with van der Waals surface area (Å²) in [5, 5.41) is 8.72. The first-order valence-corrected chi connectivity index (χ1v) is 3.78. The van der Waals surface area contributed by atoms with E-state index in [1.165, 1.54) is 6.08 Å². The van der Waals surface area contributed by atoms with E-state index < -0.39 is 0 Å². The minimum Gasteiger partial charge on any atom is -0.211 e. The molecule has 3 nitrogen and oxygen atoms in total. The molecular weight excluding hydrogens is 164 g/mol. The monoisotopic (exact) mass is 172 g/mol. The van der Waals surface area contributed by atoms with Crippen molar-refractivity contribution in [3.05, 3.63) is 28.8 Å². The highest BCUT2D eigenvalue weighted by atomic mass is 16.1. The van der Waals surface area contributed by atoms with Gasteiger partial charge in [-0.15, -0.1) is 0 Å². The number of rotatable bonds is 1.